The molecule has 7 heteroatoms. The maximum atomic E-state index is 12.0. The molecule has 0 atom stereocenters. The Morgan fingerprint density at radius 3 is 2.55 bits per heavy atom. The molecule has 20 heavy (non-hydrogen) atoms. The highest BCUT2D eigenvalue weighted by Crippen LogP contribution is 2.28. The van der Waals surface area contributed by atoms with Crippen LogP contribution in [0.3, 0.4) is 0 Å². The summed E-state index contributed by atoms with van der Waals surface area (Å²) in [7, 11) is 3.05. The maximum absolute atomic E-state index is 12.0. The number of nitrogens with zero attached hydrogens (tertiary/aromatic N) is 1. The van der Waals surface area contributed by atoms with Crippen LogP contribution in [0.15, 0.2) is 12.3 Å². The molecule has 0 fully saturated rings. The van der Waals surface area contributed by atoms with E-state index in [4.69, 9.17) is 9.47 Å². The van der Waals surface area contributed by atoms with Gasteiger partial charge >= 0.3 is 6.18 Å². The molecule has 0 aliphatic carbocycles. The van der Waals surface area contributed by atoms with E-state index in [9.17, 15) is 13.2 Å². The summed E-state index contributed by atoms with van der Waals surface area (Å²) in [5.74, 6) is 1.12. The number of rotatable bonds is 8. The van der Waals surface area contributed by atoms with Crippen LogP contribution < -0.4 is 14.8 Å². The van der Waals surface area contributed by atoms with Gasteiger partial charge < -0.3 is 14.8 Å². The van der Waals surface area contributed by atoms with E-state index in [1.807, 2.05) is 0 Å². The second-order valence-electron chi connectivity index (χ2n) is 4.24. The van der Waals surface area contributed by atoms with Gasteiger partial charge in [-0.05, 0) is 19.4 Å². The molecular weight excluding hydrogens is 273 g/mol. The number of pyridine rings is 1. The van der Waals surface area contributed by atoms with E-state index >= 15 is 0 Å². The molecule has 0 radical (unpaired) electrons. The molecule has 114 valence electrons. The Bertz CT molecular complexity index is 411. The van der Waals surface area contributed by atoms with Crippen molar-refractivity contribution in [3.8, 4) is 11.5 Å². The molecule has 0 aliphatic heterocycles. The number of halogens is 3. The standard InChI is InChI=1S/C13H19F3N2O2/c1-19-11-5-8-18-10(12(11)20-2)9-17-7-4-3-6-13(14,15)16/h5,8,17H,3-4,6-7,9H2,1-2H3. The number of unbranched alkanes of at least 4 members (excludes halogenated alkanes) is 1. The van der Waals surface area contributed by atoms with Crippen LogP contribution in [0, 0.1) is 0 Å². The van der Waals surface area contributed by atoms with Crippen molar-refractivity contribution in [3.63, 3.8) is 0 Å². The van der Waals surface area contributed by atoms with Crippen molar-refractivity contribution in [1.29, 1.82) is 0 Å². The Morgan fingerprint density at radius 2 is 1.95 bits per heavy atom. The van der Waals surface area contributed by atoms with E-state index in [-0.39, 0.29) is 6.42 Å². The molecule has 1 rings (SSSR count). The van der Waals surface area contributed by atoms with Gasteiger partial charge in [-0.3, -0.25) is 4.98 Å². The molecule has 0 unspecified atom stereocenters. The van der Waals surface area contributed by atoms with Crippen LogP contribution in [-0.4, -0.2) is 31.9 Å². The van der Waals surface area contributed by atoms with E-state index < -0.39 is 12.6 Å². The summed E-state index contributed by atoms with van der Waals surface area (Å²) in [5, 5.41) is 3.05. The minimum atomic E-state index is -4.07. The lowest BCUT2D eigenvalue weighted by atomic mass is 10.2. The van der Waals surface area contributed by atoms with Crippen molar-refractivity contribution in [2.75, 3.05) is 20.8 Å². The van der Waals surface area contributed by atoms with Crippen molar-refractivity contribution in [1.82, 2.24) is 10.3 Å². The third kappa shape index (κ3) is 5.64. The fourth-order valence-electron chi connectivity index (χ4n) is 1.76. The van der Waals surface area contributed by atoms with Gasteiger partial charge in [-0.25, -0.2) is 0 Å². The van der Waals surface area contributed by atoms with Crippen LogP contribution in [0.2, 0.25) is 0 Å². The Kier molecular flexibility index (Phi) is 6.57. The van der Waals surface area contributed by atoms with Crippen molar-refractivity contribution in [3.05, 3.63) is 18.0 Å². The summed E-state index contributed by atoms with van der Waals surface area (Å²) >= 11 is 0. The summed E-state index contributed by atoms with van der Waals surface area (Å²) in [4.78, 5) is 4.17. The zero-order valence-electron chi connectivity index (χ0n) is 11.6. The molecule has 0 aliphatic rings. The summed E-state index contributed by atoms with van der Waals surface area (Å²) in [6.07, 6.45) is -2.63. The average molecular weight is 292 g/mol. The highest BCUT2D eigenvalue weighted by Gasteiger charge is 2.25. The van der Waals surface area contributed by atoms with Crippen molar-refractivity contribution in [2.45, 2.75) is 32.0 Å². The minimum absolute atomic E-state index is 0.124. The van der Waals surface area contributed by atoms with Crippen LogP contribution in [0.4, 0.5) is 13.2 Å². The van der Waals surface area contributed by atoms with E-state index in [2.05, 4.69) is 10.3 Å². The van der Waals surface area contributed by atoms with Crippen LogP contribution in [0.25, 0.3) is 0 Å². The first-order valence-electron chi connectivity index (χ1n) is 6.31. The SMILES string of the molecule is COc1ccnc(CNCCCCC(F)(F)F)c1OC. The topological polar surface area (TPSA) is 43.4 Å². The summed E-state index contributed by atoms with van der Waals surface area (Å²) in [6.45, 7) is 0.921. The van der Waals surface area contributed by atoms with Gasteiger partial charge in [0.2, 0.25) is 0 Å². The minimum Gasteiger partial charge on any atom is -0.493 e. The van der Waals surface area contributed by atoms with Crippen molar-refractivity contribution in [2.24, 2.45) is 0 Å². The zero-order chi connectivity index (χ0) is 15.0. The van der Waals surface area contributed by atoms with Gasteiger partial charge in [-0.15, -0.1) is 0 Å². The fraction of sp³-hybridized carbons (Fsp3) is 0.615. The number of hydrogen-bond donors (Lipinski definition) is 1. The third-order valence-corrected chi connectivity index (χ3v) is 2.72. The number of methoxy groups -OCH3 is 2. The first-order chi connectivity index (χ1) is 9.48. The Labute approximate surface area is 116 Å². The molecule has 0 aromatic carbocycles. The number of alkyl halides is 3. The maximum Gasteiger partial charge on any atom is 0.389 e. The van der Waals surface area contributed by atoms with E-state index in [1.165, 1.54) is 14.2 Å². The Morgan fingerprint density at radius 1 is 1.20 bits per heavy atom. The zero-order valence-corrected chi connectivity index (χ0v) is 11.6. The lowest BCUT2D eigenvalue weighted by molar-refractivity contribution is -0.135. The van der Waals surface area contributed by atoms with Crippen LogP contribution >= 0.6 is 0 Å². The highest BCUT2D eigenvalue weighted by molar-refractivity contribution is 5.42. The second-order valence-corrected chi connectivity index (χ2v) is 4.24. The molecule has 1 aromatic heterocycles. The molecule has 0 spiro atoms. The second kappa shape index (κ2) is 7.94. The molecular formula is C13H19F3N2O2. The molecule has 4 nitrogen and oxygen atoms in total. The van der Waals surface area contributed by atoms with Gasteiger partial charge in [0, 0.05) is 25.2 Å². The van der Waals surface area contributed by atoms with E-state index in [0.29, 0.717) is 36.7 Å². The predicted molar refractivity (Wildman–Crippen MR) is 69.0 cm³/mol. The normalized spacial score (nSPS) is 11.4. The van der Waals surface area contributed by atoms with Crippen LogP contribution in [0.1, 0.15) is 25.0 Å². The van der Waals surface area contributed by atoms with Crippen LogP contribution in [-0.2, 0) is 6.54 Å². The first kappa shape index (κ1) is 16.6. The highest BCUT2D eigenvalue weighted by atomic mass is 19.4. The monoisotopic (exact) mass is 292 g/mol. The van der Waals surface area contributed by atoms with Gasteiger partial charge in [0.25, 0.3) is 0 Å². The van der Waals surface area contributed by atoms with Gasteiger partial charge in [0.05, 0.1) is 19.9 Å². The summed E-state index contributed by atoms with van der Waals surface area (Å²) < 4.78 is 46.2. The van der Waals surface area contributed by atoms with Gasteiger partial charge in [0.1, 0.15) is 0 Å². The molecule has 0 saturated heterocycles. The number of ether oxygens (including phenoxy) is 2. The third-order valence-electron chi connectivity index (χ3n) is 2.72. The number of hydrogen-bond acceptors (Lipinski definition) is 4. The smallest absolute Gasteiger partial charge is 0.389 e. The molecule has 1 N–H and O–H groups in total. The molecule has 0 amide bonds. The molecule has 1 aromatic rings. The van der Waals surface area contributed by atoms with Gasteiger partial charge in [-0.1, -0.05) is 0 Å². The van der Waals surface area contributed by atoms with Crippen LogP contribution in [0.5, 0.6) is 11.5 Å². The van der Waals surface area contributed by atoms with E-state index in [1.54, 1.807) is 12.3 Å². The summed E-state index contributed by atoms with van der Waals surface area (Å²) in [6, 6.07) is 1.69. The lowest BCUT2D eigenvalue weighted by Crippen LogP contribution is -2.17. The quantitative estimate of drug-likeness (QED) is 0.748. The number of aromatic nitrogens is 1. The fourth-order valence-corrected chi connectivity index (χ4v) is 1.76. The lowest BCUT2D eigenvalue weighted by Gasteiger charge is -2.12. The predicted octanol–water partition coefficient (Wildman–Crippen LogP) is 2.92. The molecule has 0 saturated carbocycles. The Balaban J connectivity index is 2.35. The first-order valence-corrected chi connectivity index (χ1v) is 6.31. The Hall–Kier alpha value is -1.50. The van der Waals surface area contributed by atoms with E-state index in [0.717, 1.165) is 0 Å². The van der Waals surface area contributed by atoms with Crippen molar-refractivity contribution >= 4 is 0 Å². The number of nitrogens with one attached hydrogen (secondary N) is 1. The largest absolute Gasteiger partial charge is 0.493 e. The van der Waals surface area contributed by atoms with Gasteiger partial charge in [0.15, 0.2) is 11.5 Å². The summed E-state index contributed by atoms with van der Waals surface area (Å²) in [5.41, 5.74) is 0.669. The molecule has 1 heterocycles. The molecule has 0 bridgehead atoms. The average Bonchev–Trinajstić information content (AvgIpc) is 2.40. The van der Waals surface area contributed by atoms with Gasteiger partial charge in [-0.2, -0.15) is 13.2 Å². The van der Waals surface area contributed by atoms with Crippen molar-refractivity contribution < 1.29 is 22.6 Å².